The molecule has 2 aliphatic carbocycles. The molecule has 88 valence electrons. The summed E-state index contributed by atoms with van der Waals surface area (Å²) in [6, 6.07) is 0. The summed E-state index contributed by atoms with van der Waals surface area (Å²) in [5.41, 5.74) is -1.08. The normalized spacial score (nSPS) is 35.1. The van der Waals surface area contributed by atoms with Gasteiger partial charge in [-0.3, -0.25) is 9.59 Å². The van der Waals surface area contributed by atoms with Crippen LogP contribution in [0, 0.1) is 17.3 Å². The van der Waals surface area contributed by atoms with Gasteiger partial charge in [0, 0.05) is 5.92 Å². The van der Waals surface area contributed by atoms with Crippen LogP contribution in [0.5, 0.6) is 0 Å². The number of methoxy groups -OCH3 is 1. The lowest BCUT2D eigenvalue weighted by atomic mass is 9.75. The molecule has 2 rings (SSSR count). The van der Waals surface area contributed by atoms with E-state index in [0.717, 1.165) is 6.42 Å². The van der Waals surface area contributed by atoms with Crippen molar-refractivity contribution >= 4 is 11.9 Å². The summed E-state index contributed by atoms with van der Waals surface area (Å²) in [4.78, 5) is 23.9. The third-order valence-electron chi connectivity index (χ3n) is 3.58. The van der Waals surface area contributed by atoms with Gasteiger partial charge >= 0.3 is 11.9 Å². The first kappa shape index (κ1) is 11.2. The van der Waals surface area contributed by atoms with Gasteiger partial charge in [-0.2, -0.15) is 0 Å². The molecule has 4 nitrogen and oxygen atoms in total. The van der Waals surface area contributed by atoms with Gasteiger partial charge in [-0.15, -0.1) is 0 Å². The lowest BCUT2D eigenvalue weighted by Gasteiger charge is -2.29. The van der Waals surface area contributed by atoms with Gasteiger partial charge in [0.1, 0.15) is 0 Å². The van der Waals surface area contributed by atoms with Crippen LogP contribution in [-0.2, 0) is 19.1 Å². The topological polar surface area (TPSA) is 52.6 Å². The molecule has 0 radical (unpaired) electrons. The van der Waals surface area contributed by atoms with E-state index >= 15 is 0 Å². The molecule has 3 unspecified atom stereocenters. The fraction of sp³-hybridized carbons (Fsp3) is 0.667. The van der Waals surface area contributed by atoms with Gasteiger partial charge in [0.2, 0.25) is 0 Å². The SMILES string of the molecule is CCOC(=O)C1(C(=O)OC)CC2C=CC1C2. The zero-order valence-corrected chi connectivity index (χ0v) is 9.56. The minimum atomic E-state index is -1.08. The summed E-state index contributed by atoms with van der Waals surface area (Å²) in [6.07, 6.45) is 5.40. The van der Waals surface area contributed by atoms with Crippen LogP contribution in [0.3, 0.4) is 0 Å². The highest BCUT2D eigenvalue weighted by atomic mass is 16.6. The molecular formula is C12H16O4. The van der Waals surface area contributed by atoms with Crippen molar-refractivity contribution in [2.45, 2.75) is 19.8 Å². The summed E-state index contributed by atoms with van der Waals surface area (Å²) in [7, 11) is 1.32. The molecule has 1 fully saturated rings. The van der Waals surface area contributed by atoms with Crippen LogP contribution in [-0.4, -0.2) is 25.7 Å². The summed E-state index contributed by atoms with van der Waals surface area (Å²) in [5, 5.41) is 0. The molecule has 1 saturated carbocycles. The Morgan fingerprint density at radius 1 is 1.38 bits per heavy atom. The molecule has 3 atom stereocenters. The molecule has 0 spiro atoms. The van der Waals surface area contributed by atoms with Gasteiger partial charge in [0.25, 0.3) is 0 Å². The van der Waals surface area contributed by atoms with Crippen molar-refractivity contribution in [3.63, 3.8) is 0 Å². The minimum Gasteiger partial charge on any atom is -0.468 e. The Labute approximate surface area is 94.6 Å². The molecule has 16 heavy (non-hydrogen) atoms. The molecular weight excluding hydrogens is 208 g/mol. The van der Waals surface area contributed by atoms with E-state index < -0.39 is 17.4 Å². The molecule has 4 heteroatoms. The zero-order chi connectivity index (χ0) is 11.8. The van der Waals surface area contributed by atoms with E-state index in [9.17, 15) is 9.59 Å². The molecule has 0 aliphatic heterocycles. The predicted octanol–water partition coefficient (Wildman–Crippen LogP) is 1.30. The summed E-state index contributed by atoms with van der Waals surface area (Å²) in [5.74, 6) is -0.626. The molecule has 0 aromatic heterocycles. The molecule has 0 saturated heterocycles. The lowest BCUT2D eigenvalue weighted by Crippen LogP contribution is -2.44. The Morgan fingerprint density at radius 2 is 2.12 bits per heavy atom. The second-order valence-electron chi connectivity index (χ2n) is 4.37. The van der Waals surface area contributed by atoms with E-state index in [1.807, 2.05) is 6.08 Å². The minimum absolute atomic E-state index is 0.0519. The number of carbonyl (C=O) groups is 2. The van der Waals surface area contributed by atoms with E-state index in [0.29, 0.717) is 18.9 Å². The quantitative estimate of drug-likeness (QED) is 0.412. The smallest absolute Gasteiger partial charge is 0.324 e. The molecule has 0 aromatic rings. The number of ether oxygens (including phenoxy) is 2. The summed E-state index contributed by atoms with van der Waals surface area (Å²) in [6.45, 7) is 2.03. The maximum atomic E-state index is 12.0. The summed E-state index contributed by atoms with van der Waals surface area (Å²) < 4.78 is 9.82. The predicted molar refractivity (Wildman–Crippen MR) is 56.4 cm³/mol. The van der Waals surface area contributed by atoms with Gasteiger partial charge in [-0.1, -0.05) is 12.2 Å². The second kappa shape index (κ2) is 3.92. The average molecular weight is 224 g/mol. The maximum absolute atomic E-state index is 12.0. The van der Waals surface area contributed by atoms with E-state index in [1.54, 1.807) is 6.92 Å². The highest BCUT2D eigenvalue weighted by Gasteiger charge is 2.60. The molecule has 0 aromatic carbocycles. The molecule has 2 aliphatic rings. The van der Waals surface area contributed by atoms with E-state index in [1.165, 1.54) is 7.11 Å². The number of hydrogen-bond donors (Lipinski definition) is 0. The standard InChI is InChI=1S/C12H16O4/c1-3-16-11(14)12(10(13)15-2)7-8-4-5-9(12)6-8/h4-5,8-9H,3,6-7H2,1-2H3. The van der Waals surface area contributed by atoms with Crippen molar-refractivity contribution in [3.05, 3.63) is 12.2 Å². The fourth-order valence-electron chi connectivity index (χ4n) is 2.85. The monoisotopic (exact) mass is 224 g/mol. The zero-order valence-electron chi connectivity index (χ0n) is 9.56. The van der Waals surface area contributed by atoms with Crippen LogP contribution in [0.25, 0.3) is 0 Å². The Hall–Kier alpha value is -1.32. The van der Waals surface area contributed by atoms with Gasteiger partial charge in [0.05, 0.1) is 13.7 Å². The third-order valence-corrected chi connectivity index (χ3v) is 3.58. The molecule has 0 N–H and O–H groups in total. The molecule has 0 heterocycles. The number of carbonyl (C=O) groups excluding carboxylic acids is 2. The highest BCUT2D eigenvalue weighted by Crippen LogP contribution is 2.53. The first-order chi connectivity index (χ1) is 7.65. The van der Waals surface area contributed by atoms with Crippen molar-refractivity contribution in [3.8, 4) is 0 Å². The van der Waals surface area contributed by atoms with E-state index in [-0.39, 0.29) is 5.92 Å². The van der Waals surface area contributed by atoms with Crippen molar-refractivity contribution in [2.24, 2.45) is 17.3 Å². The van der Waals surface area contributed by atoms with Crippen molar-refractivity contribution in [2.75, 3.05) is 13.7 Å². The maximum Gasteiger partial charge on any atom is 0.324 e. The van der Waals surface area contributed by atoms with E-state index in [2.05, 4.69) is 6.08 Å². The first-order valence-electron chi connectivity index (χ1n) is 5.59. The largest absolute Gasteiger partial charge is 0.468 e. The average Bonchev–Trinajstić information content (AvgIpc) is 2.88. The number of rotatable bonds is 3. The lowest BCUT2D eigenvalue weighted by molar-refractivity contribution is -0.172. The number of fused-ring (bicyclic) bond motifs is 2. The first-order valence-corrected chi connectivity index (χ1v) is 5.59. The second-order valence-corrected chi connectivity index (χ2v) is 4.37. The Kier molecular flexibility index (Phi) is 2.74. The Morgan fingerprint density at radius 3 is 2.56 bits per heavy atom. The van der Waals surface area contributed by atoms with Crippen LogP contribution >= 0.6 is 0 Å². The van der Waals surface area contributed by atoms with Crippen LogP contribution in [0.4, 0.5) is 0 Å². The van der Waals surface area contributed by atoms with Crippen LogP contribution < -0.4 is 0 Å². The van der Waals surface area contributed by atoms with Gasteiger partial charge in [0.15, 0.2) is 5.41 Å². The Balaban J connectivity index is 2.31. The van der Waals surface area contributed by atoms with Crippen molar-refractivity contribution in [1.29, 1.82) is 0 Å². The number of allylic oxidation sites excluding steroid dienone is 2. The van der Waals surface area contributed by atoms with Gasteiger partial charge < -0.3 is 9.47 Å². The summed E-state index contributed by atoms with van der Waals surface area (Å²) >= 11 is 0. The van der Waals surface area contributed by atoms with Crippen molar-refractivity contribution in [1.82, 2.24) is 0 Å². The number of hydrogen-bond acceptors (Lipinski definition) is 4. The van der Waals surface area contributed by atoms with Crippen LogP contribution in [0.1, 0.15) is 19.8 Å². The van der Waals surface area contributed by atoms with Gasteiger partial charge in [-0.05, 0) is 25.7 Å². The van der Waals surface area contributed by atoms with Crippen LogP contribution in [0.2, 0.25) is 0 Å². The third kappa shape index (κ3) is 1.36. The van der Waals surface area contributed by atoms with Crippen LogP contribution in [0.15, 0.2) is 12.2 Å². The molecule has 2 bridgehead atoms. The molecule has 0 amide bonds. The Bertz CT molecular complexity index is 347. The van der Waals surface area contributed by atoms with Gasteiger partial charge in [-0.25, -0.2) is 0 Å². The fourth-order valence-corrected chi connectivity index (χ4v) is 2.85. The van der Waals surface area contributed by atoms with Crippen molar-refractivity contribution < 1.29 is 19.1 Å². The van der Waals surface area contributed by atoms with E-state index in [4.69, 9.17) is 9.47 Å². The highest BCUT2D eigenvalue weighted by molar-refractivity contribution is 6.01. The number of esters is 2.